The fourth-order valence-corrected chi connectivity index (χ4v) is 14.6. The van der Waals surface area contributed by atoms with Crippen molar-refractivity contribution in [3.05, 3.63) is 139 Å². The van der Waals surface area contributed by atoms with Gasteiger partial charge in [-0.25, -0.2) is 13.4 Å². The number of phenolic OH excluding ortho intramolecular Hbond substituents is 1. The monoisotopic (exact) mass is 1300 g/mol. The third kappa shape index (κ3) is 22.0. The Kier molecular flexibility index (Phi) is 26.9. The molecule has 5 aromatic rings. The third-order valence-corrected chi connectivity index (χ3v) is 22.0. The molecule has 0 saturated heterocycles. The normalized spacial score (nSPS) is 20.5. The van der Waals surface area contributed by atoms with Crippen LogP contribution in [0.15, 0.2) is 143 Å². The van der Waals surface area contributed by atoms with E-state index in [1.54, 1.807) is 19.9 Å². The number of carbonyl (C=O) groups excluding carboxylic acids is 3. The summed E-state index contributed by atoms with van der Waals surface area (Å²) in [5, 5.41) is 9.27. The van der Waals surface area contributed by atoms with E-state index in [1.165, 1.54) is 38.7 Å². The van der Waals surface area contributed by atoms with Crippen molar-refractivity contribution < 1.29 is 59.8 Å². The first-order valence-corrected chi connectivity index (χ1v) is 34.9. The number of aromatic hydroxyl groups is 1. The third-order valence-electron chi connectivity index (χ3n) is 19.1. The zero-order valence-electron chi connectivity index (χ0n) is 56.4. The highest BCUT2D eigenvalue weighted by Crippen LogP contribution is 2.64. The molecule has 12 nitrogen and oxygen atoms in total. The molecule has 0 aliphatic heterocycles. The molecule has 91 heavy (non-hydrogen) atoms. The van der Waals surface area contributed by atoms with E-state index in [0.717, 1.165) is 38.5 Å². The predicted molar refractivity (Wildman–Crippen MR) is 358 cm³/mol. The van der Waals surface area contributed by atoms with Gasteiger partial charge in [0.25, 0.3) is 0 Å². The molecule has 0 amide bonds. The largest absolute Gasteiger partial charge is 0.748 e. The second-order valence-corrected chi connectivity index (χ2v) is 32.6. The molecule has 4 aromatic carbocycles. The van der Waals surface area contributed by atoms with E-state index in [9.17, 15) is 45.6 Å². The molecule has 1 aromatic heterocycles. The molecular weight excluding hydrogens is 1200 g/mol. The topological polar surface area (TPSA) is 174 Å². The van der Waals surface area contributed by atoms with Gasteiger partial charge < -0.3 is 28.4 Å². The van der Waals surface area contributed by atoms with Crippen molar-refractivity contribution in [3.8, 4) is 5.75 Å². The molecule has 4 bridgehead atoms. The van der Waals surface area contributed by atoms with Crippen LogP contribution in [0.3, 0.4) is 0 Å². The number of ether oxygens (including phenoxy) is 3. The molecule has 5 aliphatic carbocycles. The number of benzene rings is 4. The van der Waals surface area contributed by atoms with Gasteiger partial charge in [-0.3, -0.25) is 14.4 Å². The van der Waals surface area contributed by atoms with Gasteiger partial charge in [0.15, 0.2) is 14.7 Å². The second-order valence-electron chi connectivity index (χ2n) is 29.1. The van der Waals surface area contributed by atoms with Crippen LogP contribution in [-0.4, -0.2) is 74.8 Å². The number of rotatable bonds is 17. The summed E-state index contributed by atoms with van der Waals surface area (Å²) >= 11 is 0. The number of halogens is 3. The molecule has 3 atom stereocenters. The number of alkyl halides is 3. The van der Waals surface area contributed by atoms with Crippen LogP contribution in [0.2, 0.25) is 0 Å². The maximum absolute atomic E-state index is 13.3. The lowest BCUT2D eigenvalue weighted by Gasteiger charge is -2.60. The Labute approximate surface area is 546 Å². The van der Waals surface area contributed by atoms with Crippen molar-refractivity contribution >= 4 is 38.9 Å². The molecule has 1 heterocycles. The van der Waals surface area contributed by atoms with Gasteiger partial charge in [0.05, 0.1) is 49.3 Å². The highest BCUT2D eigenvalue weighted by atomic mass is 32.2. The first kappa shape index (κ1) is 77.8. The number of nitrogens with zero attached hydrogens (tertiary/aromatic N) is 2. The fraction of sp³-hybridized carbons (Fsp3) is 0.595. The van der Waals surface area contributed by atoms with Crippen LogP contribution in [0.4, 0.5) is 13.2 Å². The molecular formula is C74H107F3N2O10S2. The van der Waals surface area contributed by atoms with Crippen LogP contribution in [0.1, 0.15) is 219 Å². The minimum atomic E-state index is -5.27. The number of esters is 3. The Morgan fingerprint density at radius 1 is 0.681 bits per heavy atom. The Morgan fingerprint density at radius 3 is 1.59 bits per heavy atom. The van der Waals surface area contributed by atoms with Gasteiger partial charge in [-0.1, -0.05) is 130 Å². The fourth-order valence-electron chi connectivity index (χ4n) is 11.9. The SMILES string of the molecule is C.CC(C)(C)c1ccc([S+](c2ccccc2)c2ccccc2)cc1.CCC(C)(C)C(=O)OC1(C)CCCC1.CCC(C)(C)C(=O)OC12CC3CC(C1)CC(C(=O)OC(CS(=O)(=O)[O-])C(F)(F)F)(C3)C2.CCC(C)(C)c1cccc(O)c1.CCC(C)(C)n1ccnc1. The highest BCUT2D eigenvalue weighted by molar-refractivity contribution is 7.97. The Balaban J connectivity index is 0.000000258. The smallest absolute Gasteiger partial charge is 0.426 e. The lowest BCUT2D eigenvalue weighted by atomic mass is 9.48. The Morgan fingerprint density at radius 2 is 1.18 bits per heavy atom. The summed E-state index contributed by atoms with van der Waals surface area (Å²) in [7, 11) is -5.32. The molecule has 0 spiro atoms. The zero-order valence-corrected chi connectivity index (χ0v) is 58.1. The van der Waals surface area contributed by atoms with Gasteiger partial charge >= 0.3 is 24.1 Å². The van der Waals surface area contributed by atoms with Crippen LogP contribution in [0.5, 0.6) is 5.75 Å². The minimum Gasteiger partial charge on any atom is -0.748 e. The lowest BCUT2D eigenvalue weighted by molar-refractivity contribution is -0.239. The summed E-state index contributed by atoms with van der Waals surface area (Å²) in [6, 6.07) is 38.2. The highest BCUT2D eigenvalue weighted by Gasteiger charge is 2.64. The average Bonchev–Trinajstić information content (AvgIpc) is 1.22. The number of hydrogen-bond acceptors (Lipinski definition) is 11. The molecule has 5 saturated carbocycles. The van der Waals surface area contributed by atoms with Gasteiger partial charge in [-0.15, -0.1) is 0 Å². The van der Waals surface area contributed by atoms with Gasteiger partial charge in [0, 0.05) is 24.4 Å². The summed E-state index contributed by atoms with van der Waals surface area (Å²) in [6.45, 7) is 33.2. The molecule has 5 aliphatic rings. The van der Waals surface area contributed by atoms with Gasteiger partial charge in [-0.2, -0.15) is 13.2 Å². The maximum Gasteiger partial charge on any atom is 0.426 e. The molecule has 5 fully saturated rings. The molecule has 10 rings (SSSR count). The average molecular weight is 1310 g/mol. The quantitative estimate of drug-likeness (QED) is 0.0406. The van der Waals surface area contributed by atoms with Gasteiger partial charge in [0.1, 0.15) is 17.0 Å². The summed E-state index contributed by atoms with van der Waals surface area (Å²) < 4.78 is 90.8. The number of aromatic nitrogens is 2. The van der Waals surface area contributed by atoms with Crippen molar-refractivity contribution in [2.24, 2.45) is 28.1 Å². The minimum absolute atomic E-state index is 0. The number of phenols is 1. The molecule has 3 unspecified atom stereocenters. The molecule has 1 N–H and O–H groups in total. The Hall–Kier alpha value is -5.65. The van der Waals surface area contributed by atoms with E-state index >= 15 is 0 Å². The second kappa shape index (κ2) is 31.5. The number of carbonyl (C=O) groups is 3. The van der Waals surface area contributed by atoms with Gasteiger partial charge in [-0.05, 0) is 214 Å². The van der Waals surface area contributed by atoms with Crippen LogP contribution in [0.25, 0.3) is 0 Å². The van der Waals surface area contributed by atoms with Crippen molar-refractivity contribution in [2.75, 3.05) is 5.75 Å². The van der Waals surface area contributed by atoms with Gasteiger partial charge in [0.2, 0.25) is 6.10 Å². The molecule has 17 heteroatoms. The van der Waals surface area contributed by atoms with Crippen molar-refractivity contribution in [1.29, 1.82) is 0 Å². The summed E-state index contributed by atoms with van der Waals surface area (Å²) in [5.41, 5.74) is -0.306. The number of hydrogen-bond donors (Lipinski definition) is 1. The van der Waals surface area contributed by atoms with Crippen molar-refractivity contribution in [3.63, 3.8) is 0 Å². The predicted octanol–water partition coefficient (Wildman–Crippen LogP) is 18.4. The van der Waals surface area contributed by atoms with Crippen LogP contribution in [-0.2, 0) is 66.0 Å². The van der Waals surface area contributed by atoms with Crippen molar-refractivity contribution in [1.82, 2.24) is 9.55 Å². The van der Waals surface area contributed by atoms with E-state index < -0.39 is 56.5 Å². The molecule has 506 valence electrons. The first-order valence-electron chi connectivity index (χ1n) is 32.1. The lowest BCUT2D eigenvalue weighted by Crippen LogP contribution is -2.61. The van der Waals surface area contributed by atoms with E-state index in [1.807, 2.05) is 58.5 Å². The number of imidazole rings is 1. The van der Waals surface area contributed by atoms with Crippen LogP contribution >= 0.6 is 0 Å². The zero-order chi connectivity index (χ0) is 67.4. The van der Waals surface area contributed by atoms with E-state index in [0.29, 0.717) is 37.9 Å². The summed E-state index contributed by atoms with van der Waals surface area (Å²) in [4.78, 5) is 45.6. The first-order chi connectivity index (χ1) is 41.7. The van der Waals surface area contributed by atoms with Crippen molar-refractivity contribution in [2.45, 2.75) is 263 Å². The Bertz CT molecular complexity index is 3140. The van der Waals surface area contributed by atoms with E-state index in [4.69, 9.17) is 9.47 Å². The van der Waals surface area contributed by atoms with Crippen LogP contribution in [0, 0.1) is 28.1 Å². The molecule has 0 radical (unpaired) electrons. The van der Waals surface area contributed by atoms with E-state index in [-0.39, 0.29) is 69.9 Å². The van der Waals surface area contributed by atoms with Crippen LogP contribution < -0.4 is 0 Å². The maximum atomic E-state index is 13.3. The summed E-state index contributed by atoms with van der Waals surface area (Å²) in [6.07, 6.45) is 8.02. The summed E-state index contributed by atoms with van der Waals surface area (Å²) in [5.74, 6) is -3.12. The standard InChI is InChI=1S/C22H23S.C20H29F3O7S.C12H22O2.C11H16O.C8H14N2.CH4/c1-22(2,3)18-14-16-21(17-15-18)23(19-10-6-4-7-11-19)20-12-8-5-9-13-20;1-4-17(2,3)15(24)30-19-8-12-5-13(9-19)7-18(6-12,11-19)16(25)29-14(20(21,22)23)10-31(26,27)28;1-5-11(2,3)10(13)14-12(4)8-6-7-9-12;1-4-11(2,3)9-6-5-7-10(12)8-9;1-4-8(2,3)10-6-5-9-7-10;/h4-17H,1-3H3;12-14H,4-11H2,1-3H3,(H,26,27,28);5-9H2,1-4H3;5-8,12H,4H2,1-3H3;5-7H,4H2,1-3H3;1H4/q+1;;;;;/p-1. The van der Waals surface area contributed by atoms with E-state index in [2.05, 4.69) is 175 Å².